The van der Waals surface area contributed by atoms with Crippen molar-refractivity contribution in [3.05, 3.63) is 64.7 Å². The molecule has 1 N–H and O–H groups in total. The number of halogens is 1. The second-order valence-electron chi connectivity index (χ2n) is 4.66. The largest absolute Gasteiger partial charge is 0.469 e. The van der Waals surface area contributed by atoms with Gasteiger partial charge in [0.2, 0.25) is 5.91 Å². The molecule has 0 aliphatic heterocycles. The molecular weight excluding hydrogens is 318 g/mol. The molecule has 0 fully saturated rings. The van der Waals surface area contributed by atoms with Gasteiger partial charge in [0, 0.05) is 5.56 Å². The average Bonchev–Trinajstić information content (AvgIpc) is 2.55. The summed E-state index contributed by atoms with van der Waals surface area (Å²) in [5.41, 5.74) is 0.878. The van der Waals surface area contributed by atoms with Crippen molar-refractivity contribution in [3.63, 3.8) is 0 Å². The Balaban J connectivity index is 2.32. The van der Waals surface area contributed by atoms with Crippen LogP contribution in [0.4, 0.5) is 5.69 Å². The van der Waals surface area contributed by atoms with Crippen LogP contribution in [-0.4, -0.2) is 24.8 Å². The molecular formula is C17H14ClNO4. The summed E-state index contributed by atoms with van der Waals surface area (Å²) in [5, 5.41) is 2.74. The summed E-state index contributed by atoms with van der Waals surface area (Å²) < 4.78 is 4.44. The molecule has 0 saturated carbocycles. The fraction of sp³-hybridized carbons (Fsp3) is 0.118. The fourth-order valence-electron chi connectivity index (χ4n) is 1.99. The minimum atomic E-state index is -0.666. The Morgan fingerprint density at radius 3 is 2.39 bits per heavy atom. The van der Waals surface area contributed by atoms with E-state index in [2.05, 4.69) is 10.1 Å². The van der Waals surface area contributed by atoms with Gasteiger partial charge in [-0.25, -0.2) is 0 Å². The maximum atomic E-state index is 12.6. The predicted molar refractivity (Wildman–Crippen MR) is 86.6 cm³/mol. The van der Waals surface area contributed by atoms with E-state index in [0.717, 1.165) is 0 Å². The molecule has 118 valence electrons. The van der Waals surface area contributed by atoms with E-state index in [9.17, 15) is 14.4 Å². The summed E-state index contributed by atoms with van der Waals surface area (Å²) in [6.07, 6.45) is -0.442. The monoisotopic (exact) mass is 331 g/mol. The molecule has 0 radical (unpaired) electrons. The minimum absolute atomic E-state index is 0.179. The molecule has 0 atom stereocenters. The number of amides is 1. The minimum Gasteiger partial charge on any atom is -0.469 e. The van der Waals surface area contributed by atoms with Crippen molar-refractivity contribution >= 4 is 34.9 Å². The van der Waals surface area contributed by atoms with Gasteiger partial charge in [0.25, 0.3) is 0 Å². The van der Waals surface area contributed by atoms with E-state index >= 15 is 0 Å². The molecule has 23 heavy (non-hydrogen) atoms. The molecule has 0 heterocycles. The van der Waals surface area contributed by atoms with Crippen molar-refractivity contribution in [3.8, 4) is 0 Å². The highest BCUT2D eigenvalue weighted by Crippen LogP contribution is 2.27. The summed E-state index contributed by atoms with van der Waals surface area (Å²) in [5.74, 6) is -1.56. The lowest BCUT2D eigenvalue weighted by atomic mass is 10.0. The van der Waals surface area contributed by atoms with Gasteiger partial charge < -0.3 is 10.1 Å². The molecule has 0 aliphatic rings. The van der Waals surface area contributed by atoms with E-state index in [1.165, 1.54) is 7.11 Å². The van der Waals surface area contributed by atoms with Gasteiger partial charge in [0.15, 0.2) is 5.78 Å². The Kier molecular flexibility index (Phi) is 5.49. The Hall–Kier alpha value is -2.66. The maximum absolute atomic E-state index is 12.6. The van der Waals surface area contributed by atoms with E-state index in [4.69, 9.17) is 11.6 Å². The normalized spacial score (nSPS) is 10.0. The van der Waals surface area contributed by atoms with Crippen molar-refractivity contribution in [1.82, 2.24) is 0 Å². The highest BCUT2D eigenvalue weighted by atomic mass is 35.5. The molecule has 0 aliphatic carbocycles. The number of hydrogen-bond acceptors (Lipinski definition) is 4. The van der Waals surface area contributed by atoms with Crippen LogP contribution >= 0.6 is 11.6 Å². The number of esters is 1. The van der Waals surface area contributed by atoms with Gasteiger partial charge in [0.1, 0.15) is 6.42 Å². The topological polar surface area (TPSA) is 72.5 Å². The molecule has 2 aromatic carbocycles. The Labute approximate surface area is 138 Å². The van der Waals surface area contributed by atoms with Crippen LogP contribution in [0.1, 0.15) is 22.3 Å². The van der Waals surface area contributed by atoms with Crippen LogP contribution in [0.5, 0.6) is 0 Å². The van der Waals surface area contributed by atoms with Crippen LogP contribution in [0, 0.1) is 0 Å². The van der Waals surface area contributed by atoms with Crippen LogP contribution in [0.25, 0.3) is 0 Å². The summed E-state index contributed by atoms with van der Waals surface area (Å²) in [4.78, 5) is 35.6. The Morgan fingerprint density at radius 1 is 1.04 bits per heavy atom. The first-order valence-corrected chi connectivity index (χ1v) is 7.15. The predicted octanol–water partition coefficient (Wildman–Crippen LogP) is 3.07. The molecule has 2 rings (SSSR count). The molecule has 6 heteroatoms. The van der Waals surface area contributed by atoms with Gasteiger partial charge in [0.05, 0.1) is 23.4 Å². The van der Waals surface area contributed by atoms with Crippen molar-refractivity contribution < 1.29 is 19.1 Å². The van der Waals surface area contributed by atoms with Crippen molar-refractivity contribution in [1.29, 1.82) is 0 Å². The number of nitrogens with one attached hydrogen (secondary N) is 1. The fourth-order valence-corrected chi connectivity index (χ4v) is 2.25. The number of methoxy groups -OCH3 is 1. The second-order valence-corrected chi connectivity index (χ2v) is 5.07. The molecule has 0 aromatic heterocycles. The highest BCUT2D eigenvalue weighted by molar-refractivity contribution is 6.36. The van der Waals surface area contributed by atoms with Crippen LogP contribution < -0.4 is 5.32 Å². The lowest BCUT2D eigenvalue weighted by molar-refractivity contribution is -0.142. The molecule has 2 aromatic rings. The maximum Gasteiger partial charge on any atom is 0.315 e. The summed E-state index contributed by atoms with van der Waals surface area (Å²) in [6.45, 7) is 0. The summed E-state index contributed by atoms with van der Waals surface area (Å²) >= 11 is 6.13. The molecule has 0 saturated heterocycles. The second kappa shape index (κ2) is 7.56. The quantitative estimate of drug-likeness (QED) is 0.519. The van der Waals surface area contributed by atoms with Crippen LogP contribution in [0.2, 0.25) is 5.02 Å². The van der Waals surface area contributed by atoms with E-state index in [1.807, 2.05) is 0 Å². The van der Waals surface area contributed by atoms with Gasteiger partial charge >= 0.3 is 5.97 Å². The first-order chi connectivity index (χ1) is 11.0. The number of hydrogen-bond donors (Lipinski definition) is 1. The first-order valence-electron chi connectivity index (χ1n) is 6.78. The Morgan fingerprint density at radius 2 is 1.74 bits per heavy atom. The lowest BCUT2D eigenvalue weighted by Crippen LogP contribution is -2.19. The molecule has 0 bridgehead atoms. The van der Waals surface area contributed by atoms with Gasteiger partial charge in [-0.1, -0.05) is 48.0 Å². The number of ether oxygens (including phenoxy) is 1. The van der Waals surface area contributed by atoms with Crippen LogP contribution in [0.3, 0.4) is 0 Å². The number of ketones is 1. The highest BCUT2D eigenvalue weighted by Gasteiger charge is 2.19. The number of carbonyl (C=O) groups is 3. The van der Waals surface area contributed by atoms with Crippen LogP contribution in [0.15, 0.2) is 48.5 Å². The van der Waals surface area contributed by atoms with Crippen LogP contribution in [-0.2, 0) is 14.3 Å². The lowest BCUT2D eigenvalue weighted by Gasteiger charge is -2.12. The molecule has 1 amide bonds. The zero-order valence-electron chi connectivity index (χ0n) is 12.3. The van der Waals surface area contributed by atoms with Gasteiger partial charge in [-0.15, -0.1) is 0 Å². The number of anilines is 1. The number of rotatable bonds is 5. The number of benzene rings is 2. The molecule has 5 nitrogen and oxygen atoms in total. The summed E-state index contributed by atoms with van der Waals surface area (Å²) in [7, 11) is 1.19. The third-order valence-electron chi connectivity index (χ3n) is 3.08. The zero-order chi connectivity index (χ0) is 16.8. The van der Waals surface area contributed by atoms with E-state index in [1.54, 1.807) is 48.5 Å². The Bertz CT molecular complexity index is 744. The molecule has 0 spiro atoms. The zero-order valence-corrected chi connectivity index (χ0v) is 13.1. The van der Waals surface area contributed by atoms with Gasteiger partial charge in [-0.2, -0.15) is 0 Å². The van der Waals surface area contributed by atoms with Crippen molar-refractivity contribution in [2.24, 2.45) is 0 Å². The van der Waals surface area contributed by atoms with Gasteiger partial charge in [-0.05, 0) is 12.1 Å². The standard InChI is InChI=1S/C17H14ClNO4/c1-23-15(21)10-14(20)19-13-9-5-8-12(18)16(13)17(22)11-6-3-2-4-7-11/h2-9H,10H2,1H3,(H,19,20). The SMILES string of the molecule is COC(=O)CC(=O)Nc1cccc(Cl)c1C(=O)c1ccccc1. The van der Waals surface area contributed by atoms with Crippen molar-refractivity contribution in [2.75, 3.05) is 12.4 Å². The first kappa shape index (κ1) is 16.7. The average molecular weight is 332 g/mol. The van der Waals surface area contributed by atoms with Crippen molar-refractivity contribution in [2.45, 2.75) is 6.42 Å². The smallest absolute Gasteiger partial charge is 0.315 e. The third kappa shape index (κ3) is 4.17. The van der Waals surface area contributed by atoms with E-state index in [0.29, 0.717) is 5.56 Å². The number of carbonyl (C=O) groups excluding carboxylic acids is 3. The van der Waals surface area contributed by atoms with E-state index in [-0.39, 0.29) is 22.1 Å². The third-order valence-corrected chi connectivity index (χ3v) is 3.40. The summed E-state index contributed by atoms with van der Waals surface area (Å²) in [6, 6.07) is 13.3. The molecule has 0 unspecified atom stereocenters. The van der Waals surface area contributed by atoms with E-state index < -0.39 is 18.3 Å². The van der Waals surface area contributed by atoms with Gasteiger partial charge in [-0.3, -0.25) is 14.4 Å².